The molecule has 2 aliphatic carbocycles. The molecule has 3 N–H and O–H groups in total. The van der Waals surface area contributed by atoms with Gasteiger partial charge in [0.15, 0.2) is 15.7 Å². The minimum absolute atomic E-state index is 0.0345. The van der Waals surface area contributed by atoms with Gasteiger partial charge in [0.1, 0.15) is 0 Å². The highest BCUT2D eigenvalue weighted by atomic mass is 32.2. The molecule has 0 bridgehead atoms. The molecule has 2 amide bonds. The van der Waals surface area contributed by atoms with Gasteiger partial charge in [0, 0.05) is 11.4 Å². The Kier molecular flexibility index (Phi) is 4.62. The first-order valence-electron chi connectivity index (χ1n) is 8.68. The molecule has 0 aromatic carbocycles. The summed E-state index contributed by atoms with van der Waals surface area (Å²) in [5.74, 6) is -1.32. The van der Waals surface area contributed by atoms with E-state index in [1.165, 1.54) is 0 Å². The number of alkyl halides is 2. The van der Waals surface area contributed by atoms with E-state index in [9.17, 15) is 22.2 Å². The van der Waals surface area contributed by atoms with Crippen LogP contribution in [0, 0.1) is 5.82 Å². The molecule has 28 heavy (non-hydrogen) atoms. The number of fused-ring (bicyclic) bond motifs is 2. The fraction of sp³-hybridized carbons (Fsp3) is 0.438. The first-order valence-corrected chi connectivity index (χ1v) is 10.3. The van der Waals surface area contributed by atoms with Crippen LogP contribution in [-0.2, 0) is 35.6 Å². The van der Waals surface area contributed by atoms with Crippen LogP contribution in [0.25, 0.3) is 0 Å². The topological polar surface area (TPSA) is 115 Å². The third kappa shape index (κ3) is 3.26. The van der Waals surface area contributed by atoms with E-state index in [1.54, 1.807) is 0 Å². The zero-order chi connectivity index (χ0) is 20.1. The predicted octanol–water partition coefficient (Wildman–Crippen LogP) is 2.72. The lowest BCUT2D eigenvalue weighted by molar-refractivity contribution is 0.0552. The lowest BCUT2D eigenvalue weighted by Crippen LogP contribution is -2.20. The number of nitrogens with zero attached hydrogens (tertiary/aromatic N) is 4. The van der Waals surface area contributed by atoms with Gasteiger partial charge in [-0.25, -0.2) is 23.2 Å². The molecule has 1 unspecified atom stereocenters. The van der Waals surface area contributed by atoms with Gasteiger partial charge in [-0.2, -0.15) is 13.9 Å². The normalized spacial score (nSPS) is 17.3. The summed E-state index contributed by atoms with van der Waals surface area (Å²) >= 11 is 0. The molecule has 4 rings (SSSR count). The summed E-state index contributed by atoms with van der Waals surface area (Å²) in [6, 6.07) is -1.05. The third-order valence-corrected chi connectivity index (χ3v) is 6.10. The smallest absolute Gasteiger partial charge is 0.305 e. The number of urea groups is 1. The Hall–Kier alpha value is -2.47. The molecule has 150 valence electrons. The van der Waals surface area contributed by atoms with Gasteiger partial charge in [0.25, 0.3) is 0 Å². The quantitative estimate of drug-likeness (QED) is 0.803. The molecule has 12 heteroatoms. The Balaban J connectivity index is 1.68. The highest BCUT2D eigenvalue weighted by molar-refractivity contribution is 7.91. The van der Waals surface area contributed by atoms with Crippen molar-refractivity contribution in [1.82, 2.24) is 14.8 Å². The largest absolute Gasteiger partial charge is 0.354 e. The zero-order valence-electron chi connectivity index (χ0n) is 14.6. The first kappa shape index (κ1) is 18.9. The first-order chi connectivity index (χ1) is 13.3. The molecular weight excluding hydrogens is 397 g/mol. The second-order valence-corrected chi connectivity index (χ2v) is 8.38. The molecule has 0 radical (unpaired) electrons. The SMILES string of the molecule is NS(=O)(=NC(=O)Nc1c2c(nc3c1CCC3)CCC2)c1nn(C(F)F)cc1F. The lowest BCUT2D eigenvalue weighted by Gasteiger charge is -2.14. The molecule has 1 atom stereocenters. The zero-order valence-corrected chi connectivity index (χ0v) is 15.4. The summed E-state index contributed by atoms with van der Waals surface area (Å²) in [5, 5.41) is 10.2. The van der Waals surface area contributed by atoms with Gasteiger partial charge in [-0.3, -0.25) is 4.98 Å². The molecule has 0 fully saturated rings. The number of hydrogen-bond donors (Lipinski definition) is 2. The number of amides is 2. The van der Waals surface area contributed by atoms with Crippen molar-refractivity contribution in [3.05, 3.63) is 34.5 Å². The summed E-state index contributed by atoms with van der Waals surface area (Å²) in [6.45, 7) is -3.14. The van der Waals surface area contributed by atoms with E-state index in [4.69, 9.17) is 5.14 Å². The molecule has 2 aromatic heterocycles. The number of aromatic nitrogens is 3. The molecule has 2 heterocycles. The number of pyridine rings is 1. The van der Waals surface area contributed by atoms with Crippen molar-refractivity contribution in [2.24, 2.45) is 9.50 Å². The van der Waals surface area contributed by atoms with Gasteiger partial charge < -0.3 is 5.32 Å². The summed E-state index contributed by atoms with van der Waals surface area (Å²) in [5.41, 5.74) is 4.27. The average Bonchev–Trinajstić information content (AvgIpc) is 3.32. The van der Waals surface area contributed by atoms with Gasteiger partial charge >= 0.3 is 12.6 Å². The van der Waals surface area contributed by atoms with E-state index in [0.29, 0.717) is 11.9 Å². The lowest BCUT2D eigenvalue weighted by atomic mass is 10.1. The maximum Gasteiger partial charge on any atom is 0.354 e. The van der Waals surface area contributed by atoms with Gasteiger partial charge in [0.2, 0.25) is 5.03 Å². The summed E-state index contributed by atoms with van der Waals surface area (Å²) < 4.78 is 54.9. The van der Waals surface area contributed by atoms with Gasteiger partial charge in [-0.05, 0) is 49.7 Å². The van der Waals surface area contributed by atoms with Gasteiger partial charge in [-0.15, -0.1) is 4.36 Å². The van der Waals surface area contributed by atoms with Crippen molar-refractivity contribution in [3.63, 3.8) is 0 Å². The molecular formula is C16H17F3N6O2S. The fourth-order valence-electron chi connectivity index (χ4n) is 3.68. The number of aryl methyl sites for hydroxylation is 2. The number of hydrogen-bond acceptors (Lipinski definition) is 4. The number of anilines is 1. The van der Waals surface area contributed by atoms with Crippen molar-refractivity contribution >= 4 is 21.6 Å². The Morgan fingerprint density at radius 3 is 2.36 bits per heavy atom. The van der Waals surface area contributed by atoms with E-state index >= 15 is 0 Å². The highest BCUT2D eigenvalue weighted by Gasteiger charge is 2.27. The van der Waals surface area contributed by atoms with Crippen LogP contribution in [0.4, 0.5) is 23.7 Å². The molecule has 0 saturated carbocycles. The number of carbonyl (C=O) groups excluding carboxylic acids is 1. The van der Waals surface area contributed by atoms with Crippen LogP contribution in [0.1, 0.15) is 41.9 Å². The molecule has 2 aliphatic rings. The van der Waals surface area contributed by atoms with E-state index < -0.39 is 33.3 Å². The average molecular weight is 414 g/mol. The van der Waals surface area contributed by atoms with Crippen LogP contribution in [0.3, 0.4) is 0 Å². The molecule has 8 nitrogen and oxygen atoms in total. The third-order valence-electron chi connectivity index (χ3n) is 4.83. The van der Waals surface area contributed by atoms with Gasteiger partial charge in [-0.1, -0.05) is 0 Å². The Morgan fingerprint density at radius 1 is 1.21 bits per heavy atom. The van der Waals surface area contributed by atoms with E-state index in [1.807, 2.05) is 0 Å². The van der Waals surface area contributed by atoms with Crippen LogP contribution in [0.5, 0.6) is 0 Å². The maximum absolute atomic E-state index is 13.8. The second-order valence-electron chi connectivity index (χ2n) is 6.67. The maximum atomic E-state index is 13.8. The molecule has 2 aromatic rings. The van der Waals surface area contributed by atoms with Crippen molar-refractivity contribution in [2.45, 2.75) is 50.1 Å². The minimum atomic E-state index is -4.14. The number of halogens is 3. The number of rotatable bonds is 3. The van der Waals surface area contributed by atoms with Crippen molar-refractivity contribution in [1.29, 1.82) is 0 Å². The monoisotopic (exact) mass is 414 g/mol. The summed E-state index contributed by atoms with van der Waals surface area (Å²) in [6.07, 6.45) is 5.29. The van der Waals surface area contributed by atoms with Crippen LogP contribution in [-0.4, -0.2) is 25.0 Å². The standard InChI is InChI=1S/C16H17F3N6O2S/c17-10-7-25(15(18)19)23-14(10)28(20,27)24-16(26)22-13-8-3-1-5-11(8)21-12-6-2-4-9(12)13/h7,15H,1-6H2,(H3,20,21,22,24,26,27). The summed E-state index contributed by atoms with van der Waals surface area (Å²) in [4.78, 5) is 17.0. The Bertz CT molecular complexity index is 1060. The fourth-order valence-corrected chi connectivity index (χ4v) is 4.61. The number of carbonyl (C=O) groups is 1. The van der Waals surface area contributed by atoms with Crippen LogP contribution in [0.15, 0.2) is 15.6 Å². The Morgan fingerprint density at radius 2 is 1.82 bits per heavy atom. The van der Waals surface area contributed by atoms with Crippen LogP contribution < -0.4 is 10.5 Å². The van der Waals surface area contributed by atoms with E-state index in [-0.39, 0.29) is 4.68 Å². The molecule has 0 spiro atoms. The highest BCUT2D eigenvalue weighted by Crippen LogP contribution is 2.36. The minimum Gasteiger partial charge on any atom is -0.305 e. The van der Waals surface area contributed by atoms with Crippen molar-refractivity contribution < 1.29 is 22.2 Å². The Labute approximate surface area is 158 Å². The van der Waals surface area contributed by atoms with Gasteiger partial charge in [0.05, 0.1) is 11.9 Å². The van der Waals surface area contributed by atoms with E-state index in [0.717, 1.165) is 61.0 Å². The van der Waals surface area contributed by atoms with Crippen molar-refractivity contribution in [3.8, 4) is 0 Å². The summed E-state index contributed by atoms with van der Waals surface area (Å²) in [7, 11) is -4.14. The van der Waals surface area contributed by atoms with E-state index in [2.05, 4.69) is 19.8 Å². The van der Waals surface area contributed by atoms with Crippen molar-refractivity contribution in [2.75, 3.05) is 5.32 Å². The van der Waals surface area contributed by atoms with Crippen LogP contribution >= 0.6 is 0 Å². The molecule has 0 saturated heterocycles. The second kappa shape index (κ2) is 6.85. The van der Waals surface area contributed by atoms with Crippen LogP contribution in [0.2, 0.25) is 0 Å². The molecule has 0 aliphatic heterocycles. The number of nitrogens with one attached hydrogen (secondary N) is 1. The number of nitrogens with two attached hydrogens (primary N) is 1. The predicted molar refractivity (Wildman–Crippen MR) is 93.8 cm³/mol.